The van der Waals surface area contributed by atoms with Crippen molar-refractivity contribution in [3.63, 3.8) is 0 Å². The van der Waals surface area contributed by atoms with Crippen LogP contribution < -0.4 is 5.43 Å². The highest BCUT2D eigenvalue weighted by atomic mass is 31.0. The number of hydrazone groups is 1. The molecule has 0 radical (unpaired) electrons. The van der Waals surface area contributed by atoms with Crippen LogP contribution in [0.4, 0.5) is 0 Å². The second-order valence-electron chi connectivity index (χ2n) is 3.76. The van der Waals surface area contributed by atoms with Crippen molar-refractivity contribution in [1.82, 2.24) is 5.43 Å². The number of nitrogens with zero attached hydrogens (tertiary/aromatic N) is 2. The fourth-order valence-electron chi connectivity index (χ4n) is 1.36. The molecule has 1 aliphatic heterocycles. The maximum absolute atomic E-state index is 4.46. The molecule has 0 bridgehead atoms. The zero-order chi connectivity index (χ0) is 10.4. The summed E-state index contributed by atoms with van der Waals surface area (Å²) in [6.07, 6.45) is 5.28. The molecule has 0 saturated heterocycles. The van der Waals surface area contributed by atoms with E-state index in [1.54, 1.807) is 5.96 Å². The molecule has 0 aromatic heterocycles. The van der Waals surface area contributed by atoms with E-state index in [1.807, 2.05) is 6.08 Å². The Morgan fingerprint density at radius 1 is 1.71 bits per heavy atom. The predicted molar refractivity (Wildman–Crippen MR) is 65.7 cm³/mol. The van der Waals surface area contributed by atoms with Gasteiger partial charge < -0.3 is 0 Å². The minimum atomic E-state index is 0.658. The van der Waals surface area contributed by atoms with Crippen molar-refractivity contribution in [3.05, 3.63) is 12.2 Å². The first-order valence-electron chi connectivity index (χ1n) is 4.94. The summed E-state index contributed by atoms with van der Waals surface area (Å²) in [6, 6.07) is 0. The summed E-state index contributed by atoms with van der Waals surface area (Å²) in [4.78, 5) is 4.46. The maximum Gasteiger partial charge on any atom is 0.141 e. The predicted octanol–water partition coefficient (Wildman–Crippen LogP) is 2.02. The van der Waals surface area contributed by atoms with Crippen LogP contribution in [0.3, 0.4) is 0 Å². The minimum Gasteiger partial charge on any atom is -0.267 e. The van der Waals surface area contributed by atoms with Crippen LogP contribution in [0, 0.1) is 11.8 Å². The van der Waals surface area contributed by atoms with Gasteiger partial charge in [-0.05, 0) is 24.3 Å². The van der Waals surface area contributed by atoms with E-state index in [1.165, 1.54) is 0 Å². The molecule has 0 spiro atoms. The summed E-state index contributed by atoms with van der Waals surface area (Å²) in [5, 5.41) is 3.91. The lowest BCUT2D eigenvalue weighted by atomic mass is 9.93. The zero-order valence-electron chi connectivity index (χ0n) is 8.77. The van der Waals surface area contributed by atoms with Crippen LogP contribution in [0.1, 0.15) is 20.3 Å². The average molecular weight is 211 g/mol. The van der Waals surface area contributed by atoms with Gasteiger partial charge in [0, 0.05) is 12.5 Å². The van der Waals surface area contributed by atoms with E-state index in [4.69, 9.17) is 0 Å². The summed E-state index contributed by atoms with van der Waals surface area (Å²) < 4.78 is 0. The fourth-order valence-corrected chi connectivity index (χ4v) is 1.43. The highest BCUT2D eigenvalue weighted by Crippen LogP contribution is 2.17. The van der Waals surface area contributed by atoms with Gasteiger partial charge in [0.25, 0.3) is 0 Å². The number of rotatable bonds is 2. The van der Waals surface area contributed by atoms with E-state index >= 15 is 0 Å². The quantitative estimate of drug-likeness (QED) is 0.423. The first-order valence-corrected chi connectivity index (χ1v) is 5.61. The molecule has 2 atom stereocenters. The molecule has 14 heavy (non-hydrogen) atoms. The van der Waals surface area contributed by atoms with Gasteiger partial charge in [-0.1, -0.05) is 29.2 Å². The molecular weight excluding hydrogens is 193 g/mol. The van der Waals surface area contributed by atoms with Crippen LogP contribution in [0.25, 0.3) is 0 Å². The van der Waals surface area contributed by atoms with Crippen molar-refractivity contribution in [2.24, 2.45) is 21.9 Å². The molecule has 1 heterocycles. The van der Waals surface area contributed by atoms with Gasteiger partial charge in [0.05, 0.1) is 0 Å². The van der Waals surface area contributed by atoms with Crippen LogP contribution in [0.2, 0.25) is 0 Å². The van der Waals surface area contributed by atoms with E-state index in [0.29, 0.717) is 11.8 Å². The number of amidine groups is 1. The van der Waals surface area contributed by atoms with E-state index in [2.05, 4.69) is 44.7 Å². The second kappa shape index (κ2) is 5.92. The monoisotopic (exact) mass is 211 g/mol. The van der Waals surface area contributed by atoms with Gasteiger partial charge in [0.15, 0.2) is 0 Å². The van der Waals surface area contributed by atoms with Crippen LogP contribution >= 0.6 is 9.24 Å². The molecular formula is C10H18N3P. The Bertz CT molecular complexity index is 256. The largest absolute Gasteiger partial charge is 0.267 e. The van der Waals surface area contributed by atoms with E-state index in [-0.39, 0.29) is 0 Å². The van der Waals surface area contributed by atoms with Gasteiger partial charge in [-0.2, -0.15) is 5.10 Å². The molecule has 0 amide bonds. The summed E-state index contributed by atoms with van der Waals surface area (Å²) in [5.74, 6) is 3.84. The highest BCUT2D eigenvalue weighted by Gasteiger charge is 2.13. The van der Waals surface area contributed by atoms with Crippen molar-refractivity contribution < 1.29 is 0 Å². The van der Waals surface area contributed by atoms with Gasteiger partial charge in [-0.25, -0.2) is 0 Å². The third-order valence-corrected chi connectivity index (χ3v) is 2.56. The first kappa shape index (κ1) is 11.4. The van der Waals surface area contributed by atoms with Crippen molar-refractivity contribution in [1.29, 1.82) is 0 Å². The number of hydrogen-bond donors (Lipinski definition) is 1. The molecule has 3 nitrogen and oxygen atoms in total. The van der Waals surface area contributed by atoms with Gasteiger partial charge in [0.1, 0.15) is 5.84 Å². The Labute approximate surface area is 88.0 Å². The average Bonchev–Trinajstić information content (AvgIpc) is 2.39. The van der Waals surface area contributed by atoms with Gasteiger partial charge >= 0.3 is 0 Å². The Kier molecular flexibility index (Phi) is 4.81. The molecule has 2 unspecified atom stereocenters. The van der Waals surface area contributed by atoms with Crippen LogP contribution in [-0.4, -0.2) is 18.3 Å². The summed E-state index contributed by atoms with van der Waals surface area (Å²) in [7, 11) is 2.42. The molecule has 0 fully saturated rings. The third kappa shape index (κ3) is 3.59. The molecule has 1 N–H and O–H groups in total. The van der Waals surface area contributed by atoms with Gasteiger partial charge in [0.2, 0.25) is 0 Å². The second-order valence-corrected chi connectivity index (χ2v) is 4.06. The number of aliphatic imine (C=N–C) groups is 1. The maximum atomic E-state index is 4.46. The number of hydrogen-bond acceptors (Lipinski definition) is 3. The van der Waals surface area contributed by atoms with Crippen molar-refractivity contribution in [2.75, 3.05) is 6.54 Å². The standard InChI is InChI=1S/C10H18N3P/c1-8(2)9-4-3-5-10(11-6-9)13-12-7-14/h3,5,7-9H,4,6,14H2,1-2H3,(H,11,13)/b12-7+. The topological polar surface area (TPSA) is 36.8 Å². The van der Waals surface area contributed by atoms with Crippen LogP contribution in [0.5, 0.6) is 0 Å². The summed E-state index contributed by atoms with van der Waals surface area (Å²) in [5.41, 5.74) is 2.88. The third-order valence-electron chi connectivity index (χ3n) is 2.41. The van der Waals surface area contributed by atoms with Crippen molar-refractivity contribution in [2.45, 2.75) is 20.3 Å². The van der Waals surface area contributed by atoms with Gasteiger partial charge in [-0.3, -0.25) is 10.4 Å². The lowest BCUT2D eigenvalue weighted by Crippen LogP contribution is -2.16. The Morgan fingerprint density at radius 2 is 2.50 bits per heavy atom. The SMILES string of the molecule is CC(C)C1CC=CC(N/N=C/P)=NC1. The molecule has 0 aliphatic carbocycles. The van der Waals surface area contributed by atoms with Crippen LogP contribution in [-0.2, 0) is 0 Å². The minimum absolute atomic E-state index is 0.658. The Balaban J connectivity index is 2.55. The molecule has 78 valence electrons. The summed E-state index contributed by atoms with van der Waals surface area (Å²) in [6.45, 7) is 5.37. The van der Waals surface area contributed by atoms with E-state index in [0.717, 1.165) is 18.8 Å². The van der Waals surface area contributed by atoms with Crippen molar-refractivity contribution in [3.8, 4) is 0 Å². The van der Waals surface area contributed by atoms with Crippen LogP contribution in [0.15, 0.2) is 22.2 Å². The van der Waals surface area contributed by atoms with Gasteiger partial charge in [-0.15, -0.1) is 0 Å². The molecule has 0 saturated carbocycles. The fraction of sp³-hybridized carbons (Fsp3) is 0.600. The lowest BCUT2D eigenvalue weighted by molar-refractivity contribution is 0.400. The number of allylic oxidation sites excluding steroid dienone is 1. The van der Waals surface area contributed by atoms with Crippen molar-refractivity contribution >= 4 is 21.0 Å². The van der Waals surface area contributed by atoms with E-state index < -0.39 is 0 Å². The molecule has 0 aromatic carbocycles. The zero-order valence-corrected chi connectivity index (χ0v) is 9.93. The first-order chi connectivity index (χ1) is 6.74. The molecule has 0 aromatic rings. The highest BCUT2D eigenvalue weighted by molar-refractivity contribution is 7.36. The molecule has 4 heteroatoms. The Hall–Kier alpha value is -0.690. The Morgan fingerprint density at radius 3 is 3.14 bits per heavy atom. The normalized spacial score (nSPS) is 22.6. The summed E-state index contributed by atoms with van der Waals surface area (Å²) >= 11 is 0. The number of nitrogens with one attached hydrogen (secondary N) is 1. The molecule has 1 rings (SSSR count). The smallest absolute Gasteiger partial charge is 0.141 e. The molecule has 1 aliphatic rings. The lowest BCUT2D eigenvalue weighted by Gasteiger charge is -2.15. The van der Waals surface area contributed by atoms with E-state index in [9.17, 15) is 0 Å².